The molecule has 0 radical (unpaired) electrons. The van der Waals surface area contributed by atoms with Crippen molar-refractivity contribution in [3.05, 3.63) is 0 Å². The summed E-state index contributed by atoms with van der Waals surface area (Å²) in [5.41, 5.74) is 0. The van der Waals surface area contributed by atoms with Gasteiger partial charge in [0, 0.05) is 32.2 Å². The van der Waals surface area contributed by atoms with Crippen LogP contribution in [-0.4, -0.2) is 61.3 Å². The maximum absolute atomic E-state index is 11.8. The first kappa shape index (κ1) is 15.9. The van der Waals surface area contributed by atoms with Crippen molar-refractivity contribution in [1.82, 2.24) is 10.2 Å². The van der Waals surface area contributed by atoms with Gasteiger partial charge in [-0.25, -0.2) is 0 Å². The fraction of sp³-hybridized carbons (Fsp3) is 0.846. The molecule has 1 rings (SSSR count). The number of carbonyl (C=O) groups is 2. The van der Waals surface area contributed by atoms with Gasteiger partial charge in [0.1, 0.15) is 0 Å². The lowest BCUT2D eigenvalue weighted by atomic mass is 9.94. The monoisotopic (exact) mass is 272 g/mol. The van der Waals surface area contributed by atoms with E-state index >= 15 is 0 Å². The summed E-state index contributed by atoms with van der Waals surface area (Å²) in [6, 6.07) is 0.0832. The predicted octanol–water partition coefficient (Wildman–Crippen LogP) is -0.241. The van der Waals surface area contributed by atoms with E-state index in [1.807, 2.05) is 6.92 Å². The van der Waals surface area contributed by atoms with Crippen molar-refractivity contribution < 1.29 is 19.4 Å². The maximum atomic E-state index is 11.8. The molecule has 110 valence electrons. The van der Waals surface area contributed by atoms with E-state index in [1.54, 1.807) is 4.90 Å². The molecule has 6 nitrogen and oxygen atoms in total. The molecule has 1 amide bonds. The molecule has 2 N–H and O–H groups in total. The molecule has 0 aromatic carbocycles. The first-order valence-electron chi connectivity index (χ1n) is 6.82. The maximum Gasteiger partial charge on any atom is 0.310 e. The normalized spacial score (nSPS) is 23.2. The second-order valence-electron chi connectivity index (χ2n) is 4.84. The minimum atomic E-state index is -0.263. The number of methoxy groups -OCH3 is 1. The first-order chi connectivity index (χ1) is 9.12. The van der Waals surface area contributed by atoms with E-state index in [9.17, 15) is 9.59 Å². The molecule has 2 atom stereocenters. The van der Waals surface area contributed by atoms with E-state index in [0.29, 0.717) is 38.9 Å². The lowest BCUT2D eigenvalue weighted by Gasteiger charge is -2.37. The summed E-state index contributed by atoms with van der Waals surface area (Å²) in [5.74, 6) is -0.467. The molecule has 1 saturated heterocycles. The molecule has 0 aromatic rings. The highest BCUT2D eigenvalue weighted by molar-refractivity contribution is 5.78. The van der Waals surface area contributed by atoms with Crippen molar-refractivity contribution in [2.24, 2.45) is 5.92 Å². The van der Waals surface area contributed by atoms with Gasteiger partial charge >= 0.3 is 5.97 Å². The molecule has 19 heavy (non-hydrogen) atoms. The van der Waals surface area contributed by atoms with E-state index in [-0.39, 0.29) is 30.4 Å². The van der Waals surface area contributed by atoms with Crippen molar-refractivity contribution >= 4 is 11.9 Å². The zero-order chi connectivity index (χ0) is 14.3. The number of hydrogen-bond donors (Lipinski definition) is 2. The Labute approximate surface area is 114 Å². The smallest absolute Gasteiger partial charge is 0.310 e. The highest BCUT2D eigenvalue weighted by Crippen LogP contribution is 2.19. The van der Waals surface area contributed by atoms with Crippen LogP contribution >= 0.6 is 0 Å². The molecule has 6 heteroatoms. The van der Waals surface area contributed by atoms with E-state index in [0.717, 1.165) is 0 Å². The van der Waals surface area contributed by atoms with Crippen molar-refractivity contribution in [3.8, 4) is 0 Å². The molecular formula is C13H24N2O4. The molecule has 1 fully saturated rings. The van der Waals surface area contributed by atoms with Crippen LogP contribution in [0, 0.1) is 5.92 Å². The molecule has 0 bridgehead atoms. The summed E-state index contributed by atoms with van der Waals surface area (Å²) in [6.45, 7) is 3.70. The topological polar surface area (TPSA) is 78.9 Å². The average Bonchev–Trinajstić information content (AvgIpc) is 2.45. The molecule has 1 aliphatic rings. The van der Waals surface area contributed by atoms with Crippen molar-refractivity contribution in [2.45, 2.75) is 32.2 Å². The number of hydrogen-bond acceptors (Lipinski definition) is 5. The Morgan fingerprint density at radius 1 is 1.42 bits per heavy atom. The van der Waals surface area contributed by atoms with Gasteiger partial charge < -0.3 is 20.1 Å². The molecule has 2 unspecified atom stereocenters. The van der Waals surface area contributed by atoms with Gasteiger partial charge in [0.15, 0.2) is 0 Å². The number of aliphatic hydroxyl groups excluding tert-OH is 1. The second-order valence-corrected chi connectivity index (χ2v) is 4.84. The molecule has 1 aliphatic heterocycles. The number of likely N-dealkylation sites (tertiary alicyclic amines) is 1. The Morgan fingerprint density at radius 3 is 2.74 bits per heavy atom. The van der Waals surface area contributed by atoms with Gasteiger partial charge in [-0.2, -0.15) is 0 Å². The number of rotatable bonds is 6. The minimum Gasteiger partial charge on any atom is -0.469 e. The molecule has 0 aromatic heterocycles. The second kappa shape index (κ2) is 8.12. The van der Waals surface area contributed by atoms with Crippen molar-refractivity contribution in [3.63, 3.8) is 0 Å². The number of nitrogens with one attached hydrogen (secondary N) is 1. The Kier molecular flexibility index (Phi) is 6.80. The summed E-state index contributed by atoms with van der Waals surface area (Å²) in [6.07, 6.45) is 1.78. The summed E-state index contributed by atoms with van der Waals surface area (Å²) in [7, 11) is 1.37. The van der Waals surface area contributed by atoms with Crippen LogP contribution < -0.4 is 5.32 Å². The minimum absolute atomic E-state index is 0.0579. The van der Waals surface area contributed by atoms with Gasteiger partial charge in [0.05, 0.1) is 13.0 Å². The number of amides is 1. The van der Waals surface area contributed by atoms with Gasteiger partial charge in [-0.05, 0) is 19.4 Å². The SMILES string of the molecule is CCC(=O)N1CC(NCCCO)CC(C(=O)OC)C1. The fourth-order valence-corrected chi connectivity index (χ4v) is 2.40. The number of nitrogens with zero attached hydrogens (tertiary/aromatic N) is 1. The third-order valence-corrected chi connectivity index (χ3v) is 3.41. The Hall–Kier alpha value is -1.14. The average molecular weight is 272 g/mol. The first-order valence-corrected chi connectivity index (χ1v) is 6.82. The van der Waals surface area contributed by atoms with Crippen LogP contribution in [0.15, 0.2) is 0 Å². The van der Waals surface area contributed by atoms with Crippen LogP contribution in [-0.2, 0) is 14.3 Å². The van der Waals surface area contributed by atoms with Gasteiger partial charge in [-0.1, -0.05) is 6.92 Å². The number of ether oxygens (including phenoxy) is 1. The van der Waals surface area contributed by atoms with Crippen LogP contribution in [0.1, 0.15) is 26.2 Å². The van der Waals surface area contributed by atoms with Gasteiger partial charge in [-0.15, -0.1) is 0 Å². The van der Waals surface area contributed by atoms with Gasteiger partial charge in [0.25, 0.3) is 0 Å². The van der Waals surface area contributed by atoms with E-state index < -0.39 is 0 Å². The van der Waals surface area contributed by atoms with Crippen LogP contribution in [0.25, 0.3) is 0 Å². The van der Waals surface area contributed by atoms with Crippen LogP contribution in [0.3, 0.4) is 0 Å². The number of carbonyl (C=O) groups excluding carboxylic acids is 2. The lowest BCUT2D eigenvalue weighted by molar-refractivity contribution is -0.149. The molecule has 0 saturated carbocycles. The summed E-state index contributed by atoms with van der Waals surface area (Å²) in [5, 5.41) is 12.1. The lowest BCUT2D eigenvalue weighted by Crippen LogP contribution is -2.53. The predicted molar refractivity (Wildman–Crippen MR) is 70.5 cm³/mol. The molecule has 0 spiro atoms. The number of piperidine rings is 1. The summed E-state index contributed by atoms with van der Waals surface area (Å²) >= 11 is 0. The van der Waals surface area contributed by atoms with Crippen LogP contribution in [0.2, 0.25) is 0 Å². The Balaban J connectivity index is 2.60. The molecule has 1 heterocycles. The molecular weight excluding hydrogens is 248 g/mol. The summed E-state index contributed by atoms with van der Waals surface area (Å²) < 4.78 is 4.78. The van der Waals surface area contributed by atoms with E-state index in [4.69, 9.17) is 9.84 Å². The Bertz CT molecular complexity index is 285. The van der Waals surface area contributed by atoms with E-state index in [2.05, 4.69) is 5.32 Å². The van der Waals surface area contributed by atoms with Crippen LogP contribution in [0.4, 0.5) is 0 Å². The van der Waals surface area contributed by atoms with Gasteiger partial charge in [0.2, 0.25) is 5.91 Å². The number of aliphatic hydroxyl groups is 1. The fourth-order valence-electron chi connectivity index (χ4n) is 2.40. The largest absolute Gasteiger partial charge is 0.469 e. The highest BCUT2D eigenvalue weighted by atomic mass is 16.5. The van der Waals surface area contributed by atoms with Crippen molar-refractivity contribution in [2.75, 3.05) is 33.4 Å². The van der Waals surface area contributed by atoms with Crippen molar-refractivity contribution in [1.29, 1.82) is 0 Å². The quantitative estimate of drug-likeness (QED) is 0.515. The zero-order valence-electron chi connectivity index (χ0n) is 11.7. The van der Waals surface area contributed by atoms with Gasteiger partial charge in [-0.3, -0.25) is 9.59 Å². The highest BCUT2D eigenvalue weighted by Gasteiger charge is 2.33. The third-order valence-electron chi connectivity index (χ3n) is 3.41. The zero-order valence-corrected chi connectivity index (χ0v) is 11.7. The summed E-state index contributed by atoms with van der Waals surface area (Å²) in [4.78, 5) is 25.2. The van der Waals surface area contributed by atoms with Crippen LogP contribution in [0.5, 0.6) is 0 Å². The number of esters is 1. The third kappa shape index (κ3) is 4.80. The molecule has 0 aliphatic carbocycles. The van der Waals surface area contributed by atoms with E-state index in [1.165, 1.54) is 7.11 Å². The standard InChI is InChI=1S/C13H24N2O4/c1-3-12(17)15-8-10(13(18)19-2)7-11(9-15)14-5-4-6-16/h10-11,14,16H,3-9H2,1-2H3. The Morgan fingerprint density at radius 2 is 2.16 bits per heavy atom.